The van der Waals surface area contributed by atoms with Gasteiger partial charge in [-0.1, -0.05) is 6.92 Å². The molecule has 0 radical (unpaired) electrons. The summed E-state index contributed by atoms with van der Waals surface area (Å²) < 4.78 is 0. The lowest BCUT2D eigenvalue weighted by Gasteiger charge is -2.28. The lowest BCUT2D eigenvalue weighted by atomic mass is 10.2. The Morgan fingerprint density at radius 3 is 2.41 bits per heavy atom. The van der Waals surface area contributed by atoms with Gasteiger partial charge in [0.1, 0.15) is 6.54 Å². The molecule has 1 saturated carbocycles. The third kappa shape index (κ3) is 4.24. The highest BCUT2D eigenvalue weighted by Crippen LogP contribution is 2.32. The largest absolute Gasteiger partial charge is 0.480 e. The van der Waals surface area contributed by atoms with Crippen molar-refractivity contribution in [1.29, 1.82) is 0 Å². The molecule has 0 aromatic rings. The second-order valence-corrected chi connectivity index (χ2v) is 4.85. The summed E-state index contributed by atoms with van der Waals surface area (Å²) in [5.41, 5.74) is 0. The Morgan fingerprint density at radius 2 is 2.00 bits per heavy atom. The Hall–Kier alpha value is -1.26. The molecule has 0 heterocycles. The van der Waals surface area contributed by atoms with E-state index in [1.165, 1.54) is 4.90 Å². The third-order valence-electron chi connectivity index (χ3n) is 3.37. The minimum atomic E-state index is -0.973. The van der Waals surface area contributed by atoms with Crippen molar-refractivity contribution in [3.05, 3.63) is 0 Å². The molecule has 98 valence electrons. The predicted octanol–water partition coefficient (Wildman–Crippen LogP) is 1.68. The smallest absolute Gasteiger partial charge is 0.323 e. The van der Waals surface area contributed by atoms with Crippen molar-refractivity contribution in [2.45, 2.75) is 52.1 Å². The number of carboxylic acids is 1. The number of rotatable bonds is 6. The van der Waals surface area contributed by atoms with E-state index in [1.807, 2.05) is 20.8 Å². The zero-order valence-electron chi connectivity index (χ0n) is 10.8. The fraction of sp³-hybridized carbons (Fsp3) is 0.833. The van der Waals surface area contributed by atoms with Gasteiger partial charge < -0.3 is 15.3 Å². The van der Waals surface area contributed by atoms with E-state index in [0.29, 0.717) is 5.92 Å². The lowest BCUT2D eigenvalue weighted by molar-refractivity contribution is -0.138. The first kappa shape index (κ1) is 13.8. The van der Waals surface area contributed by atoms with Gasteiger partial charge in [0.2, 0.25) is 0 Å². The highest BCUT2D eigenvalue weighted by molar-refractivity contribution is 5.80. The average Bonchev–Trinajstić information content (AvgIpc) is 3.07. The molecule has 2 amide bonds. The molecule has 17 heavy (non-hydrogen) atoms. The maximum Gasteiger partial charge on any atom is 0.323 e. The number of amides is 2. The number of urea groups is 1. The van der Waals surface area contributed by atoms with E-state index in [4.69, 9.17) is 5.11 Å². The van der Waals surface area contributed by atoms with E-state index in [9.17, 15) is 9.59 Å². The molecule has 5 heteroatoms. The van der Waals surface area contributed by atoms with E-state index in [-0.39, 0.29) is 24.7 Å². The highest BCUT2D eigenvalue weighted by Gasteiger charge is 2.31. The van der Waals surface area contributed by atoms with Gasteiger partial charge in [-0.25, -0.2) is 4.79 Å². The second-order valence-electron chi connectivity index (χ2n) is 4.85. The Labute approximate surface area is 102 Å². The van der Waals surface area contributed by atoms with Crippen LogP contribution in [0.4, 0.5) is 4.79 Å². The van der Waals surface area contributed by atoms with Crippen molar-refractivity contribution in [2.24, 2.45) is 5.92 Å². The number of aliphatic carboxylic acids is 1. The van der Waals surface area contributed by atoms with Crippen LogP contribution in [0.2, 0.25) is 0 Å². The van der Waals surface area contributed by atoms with Crippen LogP contribution in [0.5, 0.6) is 0 Å². The summed E-state index contributed by atoms with van der Waals surface area (Å²) in [6.45, 7) is 5.55. The minimum absolute atomic E-state index is 0.0579. The van der Waals surface area contributed by atoms with Crippen molar-refractivity contribution in [1.82, 2.24) is 10.2 Å². The van der Waals surface area contributed by atoms with E-state index >= 15 is 0 Å². The maximum absolute atomic E-state index is 12.0. The summed E-state index contributed by atoms with van der Waals surface area (Å²) in [7, 11) is 0. The molecule has 0 aromatic carbocycles. The van der Waals surface area contributed by atoms with Crippen LogP contribution in [0.15, 0.2) is 0 Å². The van der Waals surface area contributed by atoms with Gasteiger partial charge in [0.05, 0.1) is 0 Å². The number of carbonyl (C=O) groups excluding carboxylic acids is 1. The molecule has 2 atom stereocenters. The minimum Gasteiger partial charge on any atom is -0.480 e. The zero-order valence-corrected chi connectivity index (χ0v) is 10.8. The van der Waals surface area contributed by atoms with Crippen LogP contribution in [0, 0.1) is 5.92 Å². The van der Waals surface area contributed by atoms with Gasteiger partial charge in [-0.15, -0.1) is 0 Å². The van der Waals surface area contributed by atoms with Gasteiger partial charge in [-0.05, 0) is 39.0 Å². The Balaban J connectivity index is 2.54. The van der Waals surface area contributed by atoms with Gasteiger partial charge in [0.15, 0.2) is 0 Å². The van der Waals surface area contributed by atoms with Crippen LogP contribution >= 0.6 is 0 Å². The Kier molecular flexibility index (Phi) is 4.78. The molecule has 0 spiro atoms. The van der Waals surface area contributed by atoms with Crippen molar-refractivity contribution in [2.75, 3.05) is 6.54 Å². The molecular weight excluding hydrogens is 220 g/mol. The van der Waals surface area contributed by atoms with E-state index < -0.39 is 5.97 Å². The molecule has 1 aliphatic rings. The number of nitrogens with one attached hydrogen (secondary N) is 1. The van der Waals surface area contributed by atoms with Crippen LogP contribution in [0.1, 0.15) is 40.0 Å². The quantitative estimate of drug-likeness (QED) is 0.744. The summed E-state index contributed by atoms with van der Waals surface area (Å²) in [5.74, 6) is -0.401. The molecule has 1 aliphatic carbocycles. The molecule has 1 rings (SSSR count). The molecule has 0 saturated heterocycles. The molecular formula is C12H22N2O3. The van der Waals surface area contributed by atoms with E-state index in [0.717, 1.165) is 19.3 Å². The van der Waals surface area contributed by atoms with Crippen LogP contribution < -0.4 is 5.32 Å². The summed E-state index contributed by atoms with van der Waals surface area (Å²) >= 11 is 0. The van der Waals surface area contributed by atoms with Gasteiger partial charge >= 0.3 is 12.0 Å². The van der Waals surface area contributed by atoms with Gasteiger partial charge in [-0.3, -0.25) is 4.79 Å². The summed E-state index contributed by atoms with van der Waals surface area (Å²) in [5, 5.41) is 11.7. The van der Waals surface area contributed by atoms with Crippen molar-refractivity contribution >= 4 is 12.0 Å². The molecule has 2 N–H and O–H groups in total. The highest BCUT2D eigenvalue weighted by atomic mass is 16.4. The standard InChI is InChI=1S/C12H22N2O3/c1-4-8(2)14(7-11(15)16)12(17)13-9(3)10-5-6-10/h8-10H,4-7H2,1-3H3,(H,13,17)(H,15,16). The van der Waals surface area contributed by atoms with Crippen LogP contribution in [-0.2, 0) is 4.79 Å². The van der Waals surface area contributed by atoms with Crippen LogP contribution in [0.25, 0.3) is 0 Å². The lowest BCUT2D eigenvalue weighted by Crippen LogP contribution is -2.50. The van der Waals surface area contributed by atoms with Gasteiger partial charge in [0.25, 0.3) is 0 Å². The number of hydrogen-bond acceptors (Lipinski definition) is 2. The van der Waals surface area contributed by atoms with Crippen LogP contribution in [-0.4, -0.2) is 40.6 Å². The first-order valence-electron chi connectivity index (χ1n) is 6.24. The molecule has 5 nitrogen and oxygen atoms in total. The third-order valence-corrected chi connectivity index (χ3v) is 3.37. The number of nitrogens with zero attached hydrogens (tertiary/aromatic N) is 1. The Bertz CT molecular complexity index is 289. The van der Waals surface area contributed by atoms with Gasteiger partial charge in [-0.2, -0.15) is 0 Å². The number of carbonyl (C=O) groups is 2. The fourth-order valence-corrected chi connectivity index (χ4v) is 1.79. The molecule has 0 bridgehead atoms. The monoisotopic (exact) mass is 242 g/mol. The topological polar surface area (TPSA) is 69.6 Å². The van der Waals surface area contributed by atoms with Crippen molar-refractivity contribution in [3.8, 4) is 0 Å². The molecule has 1 fully saturated rings. The average molecular weight is 242 g/mol. The fourth-order valence-electron chi connectivity index (χ4n) is 1.79. The van der Waals surface area contributed by atoms with E-state index in [2.05, 4.69) is 5.32 Å². The number of carboxylic acid groups (broad SMARTS) is 1. The maximum atomic E-state index is 12.0. The first-order chi connectivity index (χ1) is 7.95. The van der Waals surface area contributed by atoms with E-state index in [1.54, 1.807) is 0 Å². The normalized spacial score (nSPS) is 18.3. The van der Waals surface area contributed by atoms with Crippen LogP contribution in [0.3, 0.4) is 0 Å². The molecule has 2 unspecified atom stereocenters. The SMILES string of the molecule is CCC(C)N(CC(=O)O)C(=O)NC(C)C1CC1. The molecule has 0 aliphatic heterocycles. The first-order valence-corrected chi connectivity index (χ1v) is 6.24. The summed E-state index contributed by atoms with van der Waals surface area (Å²) in [6, 6.07) is -0.179. The molecule has 0 aromatic heterocycles. The van der Waals surface area contributed by atoms with Crippen molar-refractivity contribution in [3.63, 3.8) is 0 Å². The number of hydrogen-bond donors (Lipinski definition) is 2. The Morgan fingerprint density at radius 1 is 1.41 bits per heavy atom. The van der Waals surface area contributed by atoms with Crippen molar-refractivity contribution < 1.29 is 14.7 Å². The summed E-state index contributed by atoms with van der Waals surface area (Å²) in [4.78, 5) is 24.1. The predicted molar refractivity (Wildman–Crippen MR) is 64.8 cm³/mol. The zero-order chi connectivity index (χ0) is 13.0. The summed E-state index contributed by atoms with van der Waals surface area (Å²) in [6.07, 6.45) is 3.06. The van der Waals surface area contributed by atoms with Gasteiger partial charge in [0, 0.05) is 12.1 Å². The second kappa shape index (κ2) is 5.89.